The Kier molecular flexibility index (Phi) is 6.80. The average Bonchev–Trinajstić information content (AvgIpc) is 2.86. The number of fused-ring (bicyclic) bond motifs is 1. The van der Waals surface area contributed by atoms with E-state index in [1.54, 1.807) is 17.0 Å². The monoisotopic (exact) mass is 440 g/mol. The molecular weight excluding hydrogens is 416 g/mol. The molecular formula is C26H24N4O3. The van der Waals surface area contributed by atoms with Crippen LogP contribution in [0.25, 0.3) is 10.8 Å². The summed E-state index contributed by atoms with van der Waals surface area (Å²) in [6.07, 6.45) is 1.54. The predicted molar refractivity (Wildman–Crippen MR) is 129 cm³/mol. The Morgan fingerprint density at radius 3 is 2.48 bits per heavy atom. The number of hydrogen-bond donors (Lipinski definition) is 1. The van der Waals surface area contributed by atoms with Crippen molar-refractivity contribution in [1.29, 1.82) is 0 Å². The summed E-state index contributed by atoms with van der Waals surface area (Å²) in [5.41, 5.74) is 7.39. The molecule has 0 saturated heterocycles. The van der Waals surface area contributed by atoms with Crippen molar-refractivity contribution in [3.63, 3.8) is 0 Å². The third-order valence-corrected chi connectivity index (χ3v) is 5.02. The van der Waals surface area contributed by atoms with Gasteiger partial charge in [-0.15, -0.1) is 0 Å². The first-order chi connectivity index (χ1) is 16.2. The molecule has 1 aromatic heterocycles. The molecule has 0 bridgehead atoms. The van der Waals surface area contributed by atoms with Crippen LogP contribution in [0.15, 0.2) is 96.3 Å². The number of rotatable bonds is 8. The van der Waals surface area contributed by atoms with Crippen LogP contribution < -0.4 is 15.4 Å². The number of carbonyl (C=O) groups excluding carboxylic acids is 1. The lowest BCUT2D eigenvalue weighted by Crippen LogP contribution is -2.33. The minimum atomic E-state index is -0.236. The molecule has 0 fully saturated rings. The Morgan fingerprint density at radius 1 is 0.970 bits per heavy atom. The highest BCUT2D eigenvalue weighted by molar-refractivity contribution is 6.04. The van der Waals surface area contributed by atoms with Crippen LogP contribution in [-0.4, -0.2) is 29.9 Å². The highest BCUT2D eigenvalue weighted by atomic mass is 16.6. The summed E-state index contributed by atoms with van der Waals surface area (Å²) in [5.74, 6) is 1.03. The molecule has 0 aliphatic heterocycles. The number of nitrogens with zero attached hydrogens (tertiary/aromatic N) is 3. The molecule has 7 heteroatoms. The third kappa shape index (κ3) is 5.27. The number of benzene rings is 3. The second-order valence-corrected chi connectivity index (χ2v) is 7.19. The molecule has 3 aromatic carbocycles. The number of nitrogens with two attached hydrogens (primary N) is 1. The number of anilines is 1. The molecule has 0 aliphatic rings. The Labute approximate surface area is 192 Å². The Balaban J connectivity index is 1.39. The standard InChI is InChI=1S/C26H24N4O3/c1-2-30(23-14-8-10-19-9-6-7-13-22(19)23)25(31)18-32-29-26(27)20-15-16-24(28-17-20)33-21-11-4-3-5-12-21/h3-17H,2,18H2,1H3,(H2,27,29). The second kappa shape index (κ2) is 10.3. The summed E-state index contributed by atoms with van der Waals surface area (Å²) in [6.45, 7) is 2.19. The topological polar surface area (TPSA) is 90.0 Å². The van der Waals surface area contributed by atoms with Gasteiger partial charge in [-0.25, -0.2) is 4.98 Å². The van der Waals surface area contributed by atoms with Crippen LogP contribution in [0.2, 0.25) is 0 Å². The van der Waals surface area contributed by atoms with Gasteiger partial charge in [0.25, 0.3) is 5.91 Å². The van der Waals surface area contributed by atoms with Crippen LogP contribution >= 0.6 is 0 Å². The fourth-order valence-electron chi connectivity index (χ4n) is 3.41. The van der Waals surface area contributed by atoms with Gasteiger partial charge in [0.05, 0.1) is 5.69 Å². The van der Waals surface area contributed by atoms with Crippen LogP contribution in [-0.2, 0) is 9.63 Å². The van der Waals surface area contributed by atoms with Crippen LogP contribution in [0.1, 0.15) is 12.5 Å². The highest BCUT2D eigenvalue weighted by Crippen LogP contribution is 2.26. The number of ether oxygens (including phenoxy) is 1. The summed E-state index contributed by atoms with van der Waals surface area (Å²) in [5, 5.41) is 5.96. The summed E-state index contributed by atoms with van der Waals surface area (Å²) in [7, 11) is 0. The number of carbonyl (C=O) groups is 1. The van der Waals surface area contributed by atoms with Crippen molar-refractivity contribution in [2.24, 2.45) is 10.9 Å². The number of pyridine rings is 1. The van der Waals surface area contributed by atoms with Gasteiger partial charge in [0.2, 0.25) is 5.88 Å². The average molecular weight is 441 g/mol. The largest absolute Gasteiger partial charge is 0.439 e. The maximum Gasteiger partial charge on any atom is 0.267 e. The van der Waals surface area contributed by atoms with Crippen molar-refractivity contribution in [3.8, 4) is 11.6 Å². The van der Waals surface area contributed by atoms with Gasteiger partial charge in [-0.1, -0.05) is 59.8 Å². The van der Waals surface area contributed by atoms with E-state index in [0.29, 0.717) is 23.7 Å². The fourth-order valence-corrected chi connectivity index (χ4v) is 3.41. The molecule has 4 rings (SSSR count). The first-order valence-electron chi connectivity index (χ1n) is 10.6. The van der Waals surface area contributed by atoms with Crippen LogP contribution in [0.4, 0.5) is 5.69 Å². The van der Waals surface area contributed by atoms with Crippen molar-refractivity contribution >= 4 is 28.2 Å². The fraction of sp³-hybridized carbons (Fsp3) is 0.115. The Hall–Kier alpha value is -4.39. The van der Waals surface area contributed by atoms with E-state index in [2.05, 4.69) is 10.1 Å². The van der Waals surface area contributed by atoms with E-state index in [1.165, 1.54) is 6.20 Å². The summed E-state index contributed by atoms with van der Waals surface area (Å²) < 4.78 is 5.66. The summed E-state index contributed by atoms with van der Waals surface area (Å²) >= 11 is 0. The van der Waals surface area contributed by atoms with E-state index in [9.17, 15) is 4.79 Å². The zero-order chi connectivity index (χ0) is 23.0. The molecule has 33 heavy (non-hydrogen) atoms. The second-order valence-electron chi connectivity index (χ2n) is 7.19. The van der Waals surface area contributed by atoms with Gasteiger partial charge < -0.3 is 20.2 Å². The molecule has 0 unspecified atom stereocenters. The van der Waals surface area contributed by atoms with Crippen LogP contribution in [0.3, 0.4) is 0 Å². The zero-order valence-corrected chi connectivity index (χ0v) is 18.2. The third-order valence-electron chi connectivity index (χ3n) is 5.02. The van der Waals surface area contributed by atoms with Crippen LogP contribution in [0, 0.1) is 0 Å². The molecule has 1 amide bonds. The van der Waals surface area contributed by atoms with Crippen molar-refractivity contribution in [2.75, 3.05) is 18.1 Å². The van der Waals surface area contributed by atoms with Gasteiger partial charge >= 0.3 is 0 Å². The van der Waals surface area contributed by atoms with E-state index in [4.69, 9.17) is 15.3 Å². The Morgan fingerprint density at radius 2 is 1.73 bits per heavy atom. The van der Waals surface area contributed by atoms with Gasteiger partial charge in [0, 0.05) is 29.8 Å². The first-order valence-corrected chi connectivity index (χ1v) is 10.6. The molecule has 0 aliphatic carbocycles. The molecule has 1 heterocycles. The smallest absolute Gasteiger partial charge is 0.267 e. The predicted octanol–water partition coefficient (Wildman–Crippen LogP) is 4.72. The quantitative estimate of drug-likeness (QED) is 0.243. The number of oxime groups is 1. The Bertz CT molecular complexity index is 1250. The zero-order valence-electron chi connectivity index (χ0n) is 18.2. The molecule has 0 spiro atoms. The molecule has 0 radical (unpaired) electrons. The number of aromatic nitrogens is 1. The van der Waals surface area contributed by atoms with Gasteiger partial charge in [-0.3, -0.25) is 4.79 Å². The van der Waals surface area contributed by atoms with Crippen molar-refractivity contribution < 1.29 is 14.4 Å². The highest BCUT2D eigenvalue weighted by Gasteiger charge is 2.17. The van der Waals surface area contributed by atoms with E-state index in [0.717, 1.165) is 16.5 Å². The normalized spacial score (nSPS) is 11.2. The van der Waals surface area contributed by atoms with Gasteiger partial charge in [-0.05, 0) is 36.6 Å². The van der Waals surface area contributed by atoms with Crippen LogP contribution in [0.5, 0.6) is 11.6 Å². The summed E-state index contributed by atoms with van der Waals surface area (Å²) in [6, 6.07) is 26.6. The van der Waals surface area contributed by atoms with E-state index in [-0.39, 0.29) is 18.3 Å². The molecule has 0 saturated carbocycles. The van der Waals surface area contributed by atoms with E-state index < -0.39 is 0 Å². The van der Waals surface area contributed by atoms with E-state index in [1.807, 2.05) is 79.7 Å². The molecule has 7 nitrogen and oxygen atoms in total. The molecule has 0 atom stereocenters. The maximum absolute atomic E-state index is 12.8. The first kappa shape index (κ1) is 21.8. The SMILES string of the molecule is CCN(C(=O)CO/N=C(/N)c1ccc(Oc2ccccc2)nc1)c1cccc2ccccc12. The summed E-state index contributed by atoms with van der Waals surface area (Å²) in [4.78, 5) is 24.0. The number of amides is 1. The lowest BCUT2D eigenvalue weighted by Gasteiger charge is -2.22. The molecule has 4 aromatic rings. The molecule has 2 N–H and O–H groups in total. The van der Waals surface area contributed by atoms with Gasteiger partial charge in [-0.2, -0.15) is 0 Å². The van der Waals surface area contributed by atoms with Crippen molar-refractivity contribution in [3.05, 3.63) is 96.7 Å². The van der Waals surface area contributed by atoms with Gasteiger partial charge in [0.1, 0.15) is 5.75 Å². The minimum Gasteiger partial charge on any atom is -0.439 e. The number of likely N-dealkylation sites (N-methyl/N-ethyl adjacent to an activating group) is 1. The van der Waals surface area contributed by atoms with Gasteiger partial charge in [0.15, 0.2) is 12.4 Å². The molecule has 166 valence electrons. The maximum atomic E-state index is 12.8. The number of para-hydroxylation sites is 1. The van der Waals surface area contributed by atoms with E-state index >= 15 is 0 Å². The minimum absolute atomic E-state index is 0.120. The number of hydrogen-bond acceptors (Lipinski definition) is 5. The van der Waals surface area contributed by atoms with Crippen molar-refractivity contribution in [1.82, 2.24) is 4.98 Å². The number of amidine groups is 1. The lowest BCUT2D eigenvalue weighted by atomic mass is 10.1. The lowest BCUT2D eigenvalue weighted by molar-refractivity contribution is -0.123. The van der Waals surface area contributed by atoms with Crippen molar-refractivity contribution in [2.45, 2.75) is 6.92 Å².